The van der Waals surface area contributed by atoms with E-state index in [1.54, 1.807) is 12.1 Å². The Kier molecular flexibility index (Phi) is 7.31. The number of benzene rings is 3. The van der Waals surface area contributed by atoms with Gasteiger partial charge >= 0.3 is 0 Å². The van der Waals surface area contributed by atoms with Gasteiger partial charge in [-0.1, -0.05) is 78.9 Å². The summed E-state index contributed by atoms with van der Waals surface area (Å²) in [6.45, 7) is 4.03. The molecule has 0 aromatic heterocycles. The zero-order chi connectivity index (χ0) is 22.2. The smallest absolute Gasteiger partial charge is 0.251 e. The number of amides is 2. The number of rotatable bonds is 7. The van der Waals surface area contributed by atoms with E-state index in [9.17, 15) is 9.59 Å². The molecule has 1 aliphatic heterocycles. The summed E-state index contributed by atoms with van der Waals surface area (Å²) < 4.78 is 0. The predicted octanol–water partition coefficient (Wildman–Crippen LogP) is 3.89. The van der Waals surface area contributed by atoms with Gasteiger partial charge in [0.15, 0.2) is 0 Å². The summed E-state index contributed by atoms with van der Waals surface area (Å²) in [5.41, 5.74) is 2.82. The van der Waals surface area contributed by atoms with Gasteiger partial charge in [0.1, 0.15) is 0 Å². The summed E-state index contributed by atoms with van der Waals surface area (Å²) in [6.07, 6.45) is 0.251. The Morgan fingerprint density at radius 3 is 1.94 bits per heavy atom. The first-order valence-corrected chi connectivity index (χ1v) is 11.1. The molecular formula is C27H29N3O2. The number of hydrogen-bond acceptors (Lipinski definition) is 3. The molecule has 0 spiro atoms. The molecule has 0 saturated carbocycles. The van der Waals surface area contributed by atoms with Gasteiger partial charge in [0.05, 0.1) is 12.5 Å². The molecule has 0 bridgehead atoms. The van der Waals surface area contributed by atoms with Crippen molar-refractivity contribution in [3.63, 3.8) is 0 Å². The number of piperazine rings is 1. The predicted molar refractivity (Wildman–Crippen MR) is 126 cm³/mol. The first kappa shape index (κ1) is 21.8. The van der Waals surface area contributed by atoms with E-state index >= 15 is 0 Å². The van der Waals surface area contributed by atoms with Crippen LogP contribution in [0.1, 0.15) is 33.9 Å². The molecule has 1 N–H and O–H groups in total. The number of nitrogens with one attached hydrogen (secondary N) is 1. The lowest BCUT2D eigenvalue weighted by atomic mass is 10.0. The third kappa shape index (κ3) is 5.83. The lowest BCUT2D eigenvalue weighted by Gasteiger charge is -2.35. The minimum atomic E-state index is -0.362. The molecule has 1 aliphatic rings. The van der Waals surface area contributed by atoms with Gasteiger partial charge in [-0.25, -0.2) is 0 Å². The van der Waals surface area contributed by atoms with Gasteiger partial charge in [-0.3, -0.25) is 14.5 Å². The summed E-state index contributed by atoms with van der Waals surface area (Å²) in [5.74, 6) is -0.0912. The molecule has 0 radical (unpaired) electrons. The summed E-state index contributed by atoms with van der Waals surface area (Å²) in [4.78, 5) is 30.2. The number of carbonyl (C=O) groups is 2. The van der Waals surface area contributed by atoms with Gasteiger partial charge in [-0.05, 0) is 23.3 Å². The standard InChI is InChI=1S/C27H29N3O2/c31-26(30-18-16-29(17-19-30)21-22-10-4-1-5-11-22)20-25(23-12-6-2-7-13-23)28-27(32)24-14-8-3-9-15-24/h1-15,25H,16-21H2,(H,28,32)/t25-/m1/s1. The molecule has 3 aromatic carbocycles. The van der Waals surface area contributed by atoms with Crippen LogP contribution in [0.4, 0.5) is 0 Å². The molecule has 5 heteroatoms. The monoisotopic (exact) mass is 427 g/mol. The van der Waals surface area contributed by atoms with Gasteiger partial charge in [0.25, 0.3) is 5.91 Å². The summed E-state index contributed by atoms with van der Waals surface area (Å²) in [5, 5.41) is 3.06. The lowest BCUT2D eigenvalue weighted by Crippen LogP contribution is -2.49. The maximum atomic E-state index is 13.1. The fourth-order valence-electron chi connectivity index (χ4n) is 4.07. The zero-order valence-electron chi connectivity index (χ0n) is 18.2. The SMILES string of the molecule is O=C(N[C@H](CC(=O)N1CCN(Cc2ccccc2)CC1)c1ccccc1)c1ccccc1. The summed E-state index contributed by atoms with van der Waals surface area (Å²) in [7, 11) is 0. The van der Waals surface area contributed by atoms with Gasteiger partial charge in [-0.2, -0.15) is 0 Å². The van der Waals surface area contributed by atoms with Gasteiger partial charge in [0.2, 0.25) is 5.91 Å². The second-order valence-electron chi connectivity index (χ2n) is 8.15. The molecule has 0 unspecified atom stereocenters. The molecule has 1 heterocycles. The fraction of sp³-hybridized carbons (Fsp3) is 0.259. The van der Waals surface area contributed by atoms with E-state index in [1.165, 1.54) is 5.56 Å². The Morgan fingerprint density at radius 1 is 0.750 bits per heavy atom. The Bertz CT molecular complexity index is 1000. The minimum absolute atomic E-state index is 0.0755. The molecular weight excluding hydrogens is 398 g/mol. The third-order valence-electron chi connectivity index (χ3n) is 5.90. The van der Waals surface area contributed by atoms with Crippen LogP contribution in [-0.2, 0) is 11.3 Å². The van der Waals surface area contributed by atoms with E-state index in [1.807, 2.05) is 59.5 Å². The molecule has 5 nitrogen and oxygen atoms in total. The van der Waals surface area contributed by atoms with Crippen LogP contribution < -0.4 is 5.32 Å². The Balaban J connectivity index is 1.37. The second-order valence-corrected chi connectivity index (χ2v) is 8.15. The molecule has 0 aliphatic carbocycles. The molecule has 164 valence electrons. The van der Waals surface area contributed by atoms with E-state index < -0.39 is 0 Å². The van der Waals surface area contributed by atoms with Gasteiger partial charge in [0, 0.05) is 38.3 Å². The minimum Gasteiger partial charge on any atom is -0.345 e. The van der Waals surface area contributed by atoms with Crippen LogP contribution in [0.5, 0.6) is 0 Å². The van der Waals surface area contributed by atoms with Crippen molar-refractivity contribution in [2.45, 2.75) is 19.0 Å². The van der Waals surface area contributed by atoms with E-state index in [0.29, 0.717) is 18.7 Å². The molecule has 1 fully saturated rings. The van der Waals surface area contributed by atoms with Crippen molar-refractivity contribution in [2.75, 3.05) is 26.2 Å². The average Bonchev–Trinajstić information content (AvgIpc) is 2.85. The van der Waals surface area contributed by atoms with Gasteiger partial charge in [-0.15, -0.1) is 0 Å². The Labute approximate surface area is 189 Å². The highest BCUT2D eigenvalue weighted by molar-refractivity contribution is 5.94. The van der Waals surface area contributed by atoms with Crippen molar-refractivity contribution in [2.24, 2.45) is 0 Å². The van der Waals surface area contributed by atoms with Crippen molar-refractivity contribution in [1.29, 1.82) is 0 Å². The highest BCUT2D eigenvalue weighted by atomic mass is 16.2. The van der Waals surface area contributed by atoms with E-state index in [2.05, 4.69) is 34.5 Å². The van der Waals surface area contributed by atoms with Crippen LogP contribution in [-0.4, -0.2) is 47.8 Å². The topological polar surface area (TPSA) is 52.7 Å². The van der Waals surface area contributed by atoms with Crippen molar-refractivity contribution in [3.05, 3.63) is 108 Å². The fourth-order valence-corrected chi connectivity index (χ4v) is 4.07. The lowest BCUT2D eigenvalue weighted by molar-refractivity contribution is -0.133. The van der Waals surface area contributed by atoms with E-state index in [-0.39, 0.29) is 24.3 Å². The molecule has 1 saturated heterocycles. The summed E-state index contributed by atoms with van der Waals surface area (Å²) >= 11 is 0. The van der Waals surface area contributed by atoms with Crippen LogP contribution in [0.2, 0.25) is 0 Å². The molecule has 4 rings (SSSR count). The molecule has 2 amide bonds. The van der Waals surface area contributed by atoms with E-state index in [0.717, 1.165) is 25.2 Å². The maximum absolute atomic E-state index is 13.1. The maximum Gasteiger partial charge on any atom is 0.251 e. The van der Waals surface area contributed by atoms with Crippen molar-refractivity contribution >= 4 is 11.8 Å². The largest absolute Gasteiger partial charge is 0.345 e. The molecule has 1 atom stereocenters. The van der Waals surface area contributed by atoms with Gasteiger partial charge < -0.3 is 10.2 Å². The molecule has 32 heavy (non-hydrogen) atoms. The van der Waals surface area contributed by atoms with Crippen LogP contribution in [0.25, 0.3) is 0 Å². The normalized spacial score (nSPS) is 15.2. The van der Waals surface area contributed by atoms with Crippen molar-refractivity contribution in [3.8, 4) is 0 Å². The molecule has 3 aromatic rings. The Morgan fingerprint density at radius 2 is 1.31 bits per heavy atom. The highest BCUT2D eigenvalue weighted by Crippen LogP contribution is 2.20. The highest BCUT2D eigenvalue weighted by Gasteiger charge is 2.25. The zero-order valence-corrected chi connectivity index (χ0v) is 18.2. The van der Waals surface area contributed by atoms with Crippen LogP contribution in [0, 0.1) is 0 Å². The first-order valence-electron chi connectivity index (χ1n) is 11.1. The first-order chi connectivity index (χ1) is 15.7. The number of hydrogen-bond donors (Lipinski definition) is 1. The van der Waals surface area contributed by atoms with Crippen LogP contribution in [0.3, 0.4) is 0 Å². The third-order valence-corrected chi connectivity index (χ3v) is 5.90. The number of carbonyl (C=O) groups excluding carboxylic acids is 2. The quantitative estimate of drug-likeness (QED) is 0.622. The van der Waals surface area contributed by atoms with Crippen LogP contribution >= 0.6 is 0 Å². The van der Waals surface area contributed by atoms with Crippen molar-refractivity contribution < 1.29 is 9.59 Å². The van der Waals surface area contributed by atoms with Crippen molar-refractivity contribution in [1.82, 2.24) is 15.1 Å². The number of nitrogens with zero attached hydrogens (tertiary/aromatic N) is 2. The van der Waals surface area contributed by atoms with Crippen LogP contribution in [0.15, 0.2) is 91.0 Å². The Hall–Kier alpha value is -3.44. The van der Waals surface area contributed by atoms with E-state index in [4.69, 9.17) is 0 Å². The summed E-state index contributed by atoms with van der Waals surface area (Å²) in [6, 6.07) is 28.9. The second kappa shape index (κ2) is 10.7. The average molecular weight is 428 g/mol.